The number of hydrazone groups is 1. The molecule has 9 nitrogen and oxygen atoms in total. The topological polar surface area (TPSA) is 96.3 Å². The first-order chi connectivity index (χ1) is 22.4. The molecule has 1 aromatic heterocycles. The van der Waals surface area contributed by atoms with E-state index in [0.29, 0.717) is 37.7 Å². The highest BCUT2D eigenvalue weighted by atomic mass is 19.4. The molecule has 3 aliphatic rings. The van der Waals surface area contributed by atoms with Gasteiger partial charge in [-0.25, -0.2) is 10.5 Å². The fraction of sp³-hybridized carbons (Fsp3) is 0.567. The van der Waals surface area contributed by atoms with Gasteiger partial charge in [-0.05, 0) is 80.2 Å². The van der Waals surface area contributed by atoms with E-state index in [2.05, 4.69) is 21.0 Å². The fourth-order valence-electron chi connectivity index (χ4n) is 6.81. The molecule has 3 heterocycles. The van der Waals surface area contributed by atoms with Crippen molar-refractivity contribution in [3.63, 3.8) is 0 Å². The largest absolute Gasteiger partial charge is 0.481 e. The summed E-state index contributed by atoms with van der Waals surface area (Å²) in [5, 5.41) is 14.5. The van der Waals surface area contributed by atoms with E-state index in [-0.39, 0.29) is 47.7 Å². The molecule has 1 saturated heterocycles. The Bertz CT molecular complexity index is 1470. The Morgan fingerprint density at radius 1 is 0.896 bits per heavy atom. The number of pyridine rings is 1. The lowest BCUT2D eigenvalue weighted by Crippen LogP contribution is -2.45. The molecule has 0 bridgehead atoms. The minimum Gasteiger partial charge on any atom is -0.481 e. The normalized spacial score (nSPS) is 22.3. The molecule has 0 spiro atoms. The molecule has 18 heteroatoms. The van der Waals surface area contributed by atoms with Crippen LogP contribution >= 0.6 is 0 Å². The molecule has 1 atom stereocenters. The Morgan fingerprint density at radius 2 is 1.52 bits per heavy atom. The highest BCUT2D eigenvalue weighted by molar-refractivity contribution is 5.80. The monoisotopic (exact) mass is 695 g/mol. The number of aliphatic carboxylic acids is 1. The van der Waals surface area contributed by atoms with E-state index < -0.39 is 59.8 Å². The molecule has 0 radical (unpaired) electrons. The van der Waals surface area contributed by atoms with E-state index in [9.17, 15) is 49.4 Å². The summed E-state index contributed by atoms with van der Waals surface area (Å²) in [5.74, 6) is -0.520. The highest BCUT2D eigenvalue weighted by Crippen LogP contribution is 2.42. The van der Waals surface area contributed by atoms with Crippen LogP contribution in [-0.4, -0.2) is 51.7 Å². The number of aromatic nitrogens is 1. The van der Waals surface area contributed by atoms with Crippen molar-refractivity contribution in [3.05, 3.63) is 58.3 Å². The van der Waals surface area contributed by atoms with Crippen LogP contribution < -0.4 is 15.9 Å². The van der Waals surface area contributed by atoms with Crippen molar-refractivity contribution in [1.29, 1.82) is 0 Å². The van der Waals surface area contributed by atoms with Crippen LogP contribution in [-0.2, 0) is 36.4 Å². The Morgan fingerprint density at radius 3 is 2.06 bits per heavy atom. The number of hydrazine groups is 2. The summed E-state index contributed by atoms with van der Waals surface area (Å²) < 4.78 is 124. The molecule has 1 saturated carbocycles. The van der Waals surface area contributed by atoms with Gasteiger partial charge in [0.15, 0.2) is 0 Å². The zero-order chi connectivity index (χ0) is 35.0. The predicted octanol–water partition coefficient (Wildman–Crippen LogP) is 6.62. The van der Waals surface area contributed by atoms with E-state index in [1.54, 1.807) is 0 Å². The summed E-state index contributed by atoms with van der Waals surface area (Å²) in [4.78, 5) is 18.6. The summed E-state index contributed by atoms with van der Waals surface area (Å²) in [6.07, 6.45) is -9.88. The second-order valence-corrected chi connectivity index (χ2v) is 12.5. The van der Waals surface area contributed by atoms with Gasteiger partial charge in [-0.3, -0.25) is 10.2 Å². The second kappa shape index (κ2) is 13.5. The van der Waals surface area contributed by atoms with Gasteiger partial charge in [0, 0.05) is 50.9 Å². The molecule has 5 rings (SSSR count). The van der Waals surface area contributed by atoms with Crippen molar-refractivity contribution in [2.45, 2.75) is 82.6 Å². The third-order valence-electron chi connectivity index (χ3n) is 9.00. The van der Waals surface area contributed by atoms with Gasteiger partial charge in [0.05, 0.1) is 16.7 Å². The van der Waals surface area contributed by atoms with Crippen molar-refractivity contribution in [3.8, 4) is 0 Å². The van der Waals surface area contributed by atoms with Crippen LogP contribution in [0.3, 0.4) is 0 Å². The lowest BCUT2D eigenvalue weighted by Gasteiger charge is -2.38. The highest BCUT2D eigenvalue weighted by Gasteiger charge is 2.40. The van der Waals surface area contributed by atoms with Crippen molar-refractivity contribution in [2.75, 3.05) is 18.5 Å². The first-order valence-corrected chi connectivity index (χ1v) is 15.3. The minimum absolute atomic E-state index is 0.00595. The summed E-state index contributed by atoms with van der Waals surface area (Å²) in [6, 6.07) is 1.94. The van der Waals surface area contributed by atoms with E-state index >= 15 is 0 Å². The molecule has 0 unspecified atom stereocenters. The molecular weight excluding hydrogens is 661 g/mol. The molecule has 2 fully saturated rings. The number of anilines is 1. The van der Waals surface area contributed by atoms with Crippen LogP contribution in [0, 0.1) is 11.8 Å². The number of nitrogens with one attached hydrogen (secondary N) is 2. The quantitative estimate of drug-likeness (QED) is 0.266. The molecule has 2 aromatic rings. The summed E-state index contributed by atoms with van der Waals surface area (Å²) in [7, 11) is 1.48. The number of carbonyl (C=O) groups is 1. The Kier molecular flexibility index (Phi) is 9.95. The van der Waals surface area contributed by atoms with Gasteiger partial charge in [0.1, 0.15) is 5.82 Å². The second-order valence-electron chi connectivity index (χ2n) is 12.5. The minimum atomic E-state index is -5.10. The number of guanidine groups is 1. The van der Waals surface area contributed by atoms with Crippen molar-refractivity contribution >= 4 is 17.7 Å². The predicted molar refractivity (Wildman–Crippen MR) is 154 cm³/mol. The molecule has 264 valence electrons. The third kappa shape index (κ3) is 8.36. The van der Waals surface area contributed by atoms with E-state index in [4.69, 9.17) is 0 Å². The molecular formula is C30H34F9N7O2. The van der Waals surface area contributed by atoms with Gasteiger partial charge in [0.2, 0.25) is 5.96 Å². The van der Waals surface area contributed by atoms with Gasteiger partial charge in [-0.15, -0.1) is 10.2 Å². The van der Waals surface area contributed by atoms with Gasteiger partial charge in [-0.1, -0.05) is 0 Å². The van der Waals surface area contributed by atoms with Crippen LogP contribution in [0.4, 0.5) is 45.3 Å². The smallest absolute Gasteiger partial charge is 0.417 e. The Labute approximate surface area is 269 Å². The van der Waals surface area contributed by atoms with Crippen LogP contribution in [0.25, 0.3) is 0 Å². The molecule has 1 aliphatic carbocycles. The number of benzene rings is 1. The zero-order valence-corrected chi connectivity index (χ0v) is 25.7. The van der Waals surface area contributed by atoms with Crippen LogP contribution in [0.5, 0.6) is 0 Å². The molecule has 48 heavy (non-hydrogen) atoms. The van der Waals surface area contributed by atoms with Gasteiger partial charge >= 0.3 is 24.5 Å². The number of halogens is 9. The molecule has 1 aromatic carbocycles. The van der Waals surface area contributed by atoms with Gasteiger partial charge in [0.25, 0.3) is 0 Å². The number of carboxylic acid groups (broad SMARTS) is 1. The number of hydrogen-bond donors (Lipinski definition) is 3. The van der Waals surface area contributed by atoms with Crippen LogP contribution in [0.2, 0.25) is 0 Å². The zero-order valence-electron chi connectivity index (χ0n) is 25.7. The molecule has 2 aliphatic heterocycles. The maximum absolute atomic E-state index is 13.9. The SMILES string of the molecule is CN1NN=C(N(Cc2cc(C(F)(F)F)cc(C(F)(F)F)c2)Cc2cc(C(F)(F)F)cnc2N2CCC[C@@H]2C2CCC(CC(=O)O)CC2)N1. The van der Waals surface area contributed by atoms with E-state index in [1.165, 1.54) is 17.1 Å². The molecule has 0 amide bonds. The van der Waals surface area contributed by atoms with Crippen molar-refractivity contribution in [1.82, 2.24) is 26.0 Å². The number of carboxylic acids is 1. The first kappa shape index (κ1) is 35.3. The maximum Gasteiger partial charge on any atom is 0.417 e. The van der Waals surface area contributed by atoms with Crippen molar-refractivity contribution < 1.29 is 49.4 Å². The fourth-order valence-corrected chi connectivity index (χ4v) is 6.81. The summed E-state index contributed by atoms with van der Waals surface area (Å²) in [5.41, 5.74) is 0.823. The number of alkyl halides is 9. The summed E-state index contributed by atoms with van der Waals surface area (Å²) in [6.45, 7) is -0.516. The lowest BCUT2D eigenvalue weighted by molar-refractivity contribution is -0.143. The van der Waals surface area contributed by atoms with E-state index in [1.807, 2.05) is 4.90 Å². The third-order valence-corrected chi connectivity index (χ3v) is 9.00. The Hall–Kier alpha value is -3.96. The van der Waals surface area contributed by atoms with Gasteiger partial charge < -0.3 is 14.9 Å². The lowest BCUT2D eigenvalue weighted by atomic mass is 9.76. The van der Waals surface area contributed by atoms with Crippen LogP contribution in [0.15, 0.2) is 35.6 Å². The van der Waals surface area contributed by atoms with Crippen molar-refractivity contribution in [2.24, 2.45) is 16.9 Å². The average molecular weight is 696 g/mol. The molecule has 3 N–H and O–H groups in total. The number of hydrogen-bond acceptors (Lipinski definition) is 8. The van der Waals surface area contributed by atoms with Crippen LogP contribution in [0.1, 0.15) is 72.8 Å². The number of rotatable bonds is 8. The Balaban J connectivity index is 1.50. The standard InChI is InChI=1S/C30H34F9N7O2/c1-44-42-27(41-43-44)45(15-18-9-21(28(31,32)33)13-22(10-18)29(34,35)36)16-20-12-23(30(37,38)39)14-40-26(20)46-8-2-3-24(46)19-6-4-17(5-7-19)11-25(47)48/h9-10,12-14,17,19,24,43H,2-8,11,15-16H2,1H3,(H,41,42)(H,47,48)/t17?,19?,24-/m1/s1. The maximum atomic E-state index is 13.9. The number of nitrogens with zero attached hydrogens (tertiary/aromatic N) is 5. The average Bonchev–Trinajstić information content (AvgIpc) is 3.65. The van der Waals surface area contributed by atoms with E-state index in [0.717, 1.165) is 31.7 Å². The summed E-state index contributed by atoms with van der Waals surface area (Å²) >= 11 is 0. The first-order valence-electron chi connectivity index (χ1n) is 15.3. The van der Waals surface area contributed by atoms with Gasteiger partial charge in [-0.2, -0.15) is 39.5 Å².